The van der Waals surface area contributed by atoms with Crippen molar-refractivity contribution in [3.8, 4) is 0 Å². The maximum atomic E-state index is 12.8. The van der Waals surface area contributed by atoms with Crippen molar-refractivity contribution >= 4 is 15.9 Å². The zero-order chi connectivity index (χ0) is 14.0. The van der Waals surface area contributed by atoms with E-state index in [2.05, 4.69) is 0 Å². The van der Waals surface area contributed by atoms with E-state index in [0.29, 0.717) is 19.4 Å². The van der Waals surface area contributed by atoms with Crippen molar-refractivity contribution in [3.05, 3.63) is 30.1 Å². The van der Waals surface area contributed by atoms with Crippen LogP contribution >= 0.6 is 0 Å². The van der Waals surface area contributed by atoms with E-state index in [0.717, 1.165) is 12.1 Å². The van der Waals surface area contributed by atoms with Gasteiger partial charge in [-0.25, -0.2) is 12.8 Å². The molecule has 5 nitrogen and oxygen atoms in total. The molecule has 1 heterocycles. The molecule has 2 N–H and O–H groups in total. The van der Waals surface area contributed by atoms with Crippen LogP contribution in [0.4, 0.5) is 4.39 Å². The van der Waals surface area contributed by atoms with Gasteiger partial charge in [-0.2, -0.15) is 4.31 Å². The summed E-state index contributed by atoms with van der Waals surface area (Å²) in [5.74, 6) is -1.43. The number of carbonyl (C=O) groups is 1. The summed E-state index contributed by atoms with van der Waals surface area (Å²) in [6.07, 6.45) is 1.19. The van der Waals surface area contributed by atoms with E-state index in [1.807, 2.05) is 0 Å². The van der Waals surface area contributed by atoms with Gasteiger partial charge in [-0.1, -0.05) is 0 Å². The topological polar surface area (TPSA) is 80.5 Å². The monoisotopic (exact) mass is 286 g/mol. The van der Waals surface area contributed by atoms with Gasteiger partial charge in [-0.05, 0) is 37.1 Å². The molecular formula is C12H15FN2O3S. The molecule has 0 radical (unpaired) electrons. The summed E-state index contributed by atoms with van der Waals surface area (Å²) >= 11 is 0. The van der Waals surface area contributed by atoms with Crippen molar-refractivity contribution in [2.24, 2.45) is 11.7 Å². The van der Waals surface area contributed by atoms with E-state index >= 15 is 0 Å². The van der Waals surface area contributed by atoms with Gasteiger partial charge in [-0.15, -0.1) is 0 Å². The zero-order valence-corrected chi connectivity index (χ0v) is 11.1. The SMILES string of the molecule is NC(=O)[C@@H]1CCCN(S(=O)(=O)c2ccc(F)cc2)C1. The lowest BCUT2D eigenvalue weighted by molar-refractivity contribution is -0.122. The molecule has 1 amide bonds. The van der Waals surface area contributed by atoms with Crippen molar-refractivity contribution in [1.29, 1.82) is 0 Å². The van der Waals surface area contributed by atoms with E-state index in [1.165, 1.54) is 16.4 Å². The minimum atomic E-state index is -3.69. The maximum Gasteiger partial charge on any atom is 0.243 e. The highest BCUT2D eigenvalue weighted by atomic mass is 32.2. The number of hydrogen-bond donors (Lipinski definition) is 1. The normalized spacial score (nSPS) is 21.2. The largest absolute Gasteiger partial charge is 0.369 e. The van der Waals surface area contributed by atoms with Gasteiger partial charge in [0.25, 0.3) is 0 Å². The average Bonchev–Trinajstić information content (AvgIpc) is 2.39. The lowest BCUT2D eigenvalue weighted by Gasteiger charge is -2.30. The van der Waals surface area contributed by atoms with Crippen LogP contribution in [0.2, 0.25) is 0 Å². The van der Waals surface area contributed by atoms with Crippen molar-refractivity contribution < 1.29 is 17.6 Å². The average molecular weight is 286 g/mol. The van der Waals surface area contributed by atoms with E-state index in [9.17, 15) is 17.6 Å². The Morgan fingerprint density at radius 2 is 1.95 bits per heavy atom. The molecule has 104 valence electrons. The molecule has 0 saturated carbocycles. The molecule has 2 rings (SSSR count). The van der Waals surface area contributed by atoms with Crippen molar-refractivity contribution in [2.75, 3.05) is 13.1 Å². The van der Waals surface area contributed by atoms with Gasteiger partial charge in [0.2, 0.25) is 15.9 Å². The molecule has 0 aromatic heterocycles. The third kappa shape index (κ3) is 2.93. The van der Waals surface area contributed by atoms with Crippen molar-refractivity contribution in [2.45, 2.75) is 17.7 Å². The number of piperidine rings is 1. The van der Waals surface area contributed by atoms with E-state index < -0.39 is 27.7 Å². The molecule has 1 aromatic rings. The first kappa shape index (κ1) is 14.0. The Balaban J connectivity index is 2.24. The number of carbonyl (C=O) groups excluding carboxylic acids is 1. The van der Waals surface area contributed by atoms with Gasteiger partial charge in [0.05, 0.1) is 10.8 Å². The van der Waals surface area contributed by atoms with Crippen LogP contribution in [0.15, 0.2) is 29.2 Å². The van der Waals surface area contributed by atoms with Gasteiger partial charge in [0.1, 0.15) is 5.82 Å². The number of nitrogens with zero attached hydrogens (tertiary/aromatic N) is 1. The zero-order valence-electron chi connectivity index (χ0n) is 10.3. The smallest absolute Gasteiger partial charge is 0.243 e. The maximum absolute atomic E-state index is 12.8. The molecule has 0 aliphatic carbocycles. The second-order valence-corrected chi connectivity index (χ2v) is 6.50. The summed E-state index contributed by atoms with van der Waals surface area (Å²) in [6, 6.07) is 4.64. The second-order valence-electron chi connectivity index (χ2n) is 4.56. The summed E-state index contributed by atoms with van der Waals surface area (Å²) in [5.41, 5.74) is 5.22. The first-order chi connectivity index (χ1) is 8.91. The predicted molar refractivity (Wildman–Crippen MR) is 67.1 cm³/mol. The highest BCUT2D eigenvalue weighted by Crippen LogP contribution is 2.23. The number of rotatable bonds is 3. The quantitative estimate of drug-likeness (QED) is 0.888. The van der Waals surface area contributed by atoms with Crippen LogP contribution in [0.25, 0.3) is 0 Å². The Morgan fingerprint density at radius 3 is 2.53 bits per heavy atom. The number of amides is 1. The lowest BCUT2D eigenvalue weighted by Crippen LogP contribution is -2.44. The van der Waals surface area contributed by atoms with Crippen LogP contribution in [-0.2, 0) is 14.8 Å². The minimum absolute atomic E-state index is 0.0269. The molecule has 1 aliphatic heterocycles. The molecule has 1 fully saturated rings. The summed E-state index contributed by atoms with van der Waals surface area (Å²) in [7, 11) is -3.69. The number of primary amides is 1. The Labute approximate surface area is 111 Å². The molecular weight excluding hydrogens is 271 g/mol. The fraction of sp³-hybridized carbons (Fsp3) is 0.417. The van der Waals surface area contributed by atoms with Gasteiger partial charge in [-0.3, -0.25) is 4.79 Å². The molecule has 19 heavy (non-hydrogen) atoms. The molecule has 1 atom stereocenters. The van der Waals surface area contributed by atoms with Crippen molar-refractivity contribution in [3.63, 3.8) is 0 Å². The van der Waals surface area contributed by atoms with E-state index in [4.69, 9.17) is 5.73 Å². The van der Waals surface area contributed by atoms with Crippen LogP contribution in [0.5, 0.6) is 0 Å². The van der Waals surface area contributed by atoms with Crippen LogP contribution in [0, 0.1) is 11.7 Å². The van der Waals surface area contributed by atoms with Gasteiger partial charge in [0.15, 0.2) is 0 Å². The Bertz CT molecular complexity index is 571. The molecule has 0 spiro atoms. The van der Waals surface area contributed by atoms with Crippen LogP contribution in [0.1, 0.15) is 12.8 Å². The molecule has 1 aliphatic rings. The third-order valence-electron chi connectivity index (χ3n) is 3.24. The van der Waals surface area contributed by atoms with Crippen LogP contribution < -0.4 is 5.73 Å². The Kier molecular flexibility index (Phi) is 3.86. The second kappa shape index (κ2) is 5.26. The third-order valence-corrected chi connectivity index (χ3v) is 5.12. The summed E-state index contributed by atoms with van der Waals surface area (Å²) < 4.78 is 38.7. The fourth-order valence-electron chi connectivity index (χ4n) is 2.15. The highest BCUT2D eigenvalue weighted by molar-refractivity contribution is 7.89. The van der Waals surface area contributed by atoms with Crippen LogP contribution in [-0.4, -0.2) is 31.7 Å². The number of hydrogen-bond acceptors (Lipinski definition) is 3. The Morgan fingerprint density at radius 1 is 1.32 bits per heavy atom. The van der Waals surface area contributed by atoms with E-state index in [1.54, 1.807) is 0 Å². The summed E-state index contributed by atoms with van der Waals surface area (Å²) in [4.78, 5) is 11.2. The standard InChI is InChI=1S/C12H15FN2O3S/c13-10-3-5-11(6-4-10)19(17,18)15-7-1-2-9(8-15)12(14)16/h3-6,9H,1-2,7-8H2,(H2,14,16)/t9-/m1/s1. The highest BCUT2D eigenvalue weighted by Gasteiger charge is 2.32. The fourth-order valence-corrected chi connectivity index (χ4v) is 3.67. The van der Waals surface area contributed by atoms with Gasteiger partial charge in [0, 0.05) is 13.1 Å². The van der Waals surface area contributed by atoms with E-state index in [-0.39, 0.29) is 11.4 Å². The van der Waals surface area contributed by atoms with Crippen molar-refractivity contribution in [1.82, 2.24) is 4.31 Å². The first-order valence-corrected chi connectivity index (χ1v) is 7.40. The number of sulfonamides is 1. The van der Waals surface area contributed by atoms with Crippen LogP contribution in [0.3, 0.4) is 0 Å². The minimum Gasteiger partial charge on any atom is -0.369 e. The van der Waals surface area contributed by atoms with Gasteiger partial charge < -0.3 is 5.73 Å². The van der Waals surface area contributed by atoms with Gasteiger partial charge >= 0.3 is 0 Å². The predicted octanol–water partition coefficient (Wildman–Crippen LogP) is 0.712. The lowest BCUT2D eigenvalue weighted by atomic mass is 9.99. The summed E-state index contributed by atoms with van der Waals surface area (Å²) in [5, 5.41) is 0. The molecule has 0 unspecified atom stereocenters. The summed E-state index contributed by atoms with van der Waals surface area (Å²) in [6.45, 7) is 0.443. The number of benzene rings is 1. The first-order valence-electron chi connectivity index (χ1n) is 5.96. The Hall–Kier alpha value is -1.47. The molecule has 1 aromatic carbocycles. The number of nitrogens with two attached hydrogens (primary N) is 1. The number of halogens is 1. The molecule has 0 bridgehead atoms. The molecule has 1 saturated heterocycles. The molecule has 7 heteroatoms.